The van der Waals surface area contributed by atoms with E-state index in [-0.39, 0.29) is 17.6 Å². The molecule has 0 saturated carbocycles. The number of halogens is 1. The van der Waals surface area contributed by atoms with Crippen molar-refractivity contribution in [3.8, 4) is 0 Å². The fourth-order valence-electron chi connectivity index (χ4n) is 3.98. The third-order valence-corrected chi connectivity index (χ3v) is 7.29. The van der Waals surface area contributed by atoms with Crippen LogP contribution >= 0.6 is 27.3 Å². The summed E-state index contributed by atoms with van der Waals surface area (Å²) in [6.45, 7) is 10.3. The minimum absolute atomic E-state index is 0.0591. The van der Waals surface area contributed by atoms with Crippen LogP contribution in [-0.4, -0.2) is 17.1 Å². The van der Waals surface area contributed by atoms with Crippen LogP contribution in [0.4, 0.5) is 0 Å². The van der Waals surface area contributed by atoms with Crippen LogP contribution in [0.2, 0.25) is 0 Å². The lowest BCUT2D eigenvalue weighted by molar-refractivity contribution is -0.139. The minimum Gasteiger partial charge on any atom is -0.463 e. The number of hydrogen-bond donors (Lipinski definition) is 0. The smallest absolute Gasteiger partial charge is 0.338 e. The van der Waals surface area contributed by atoms with Crippen LogP contribution in [0.5, 0.6) is 0 Å². The number of thiazole rings is 1. The topological polar surface area (TPSA) is 60.7 Å². The van der Waals surface area contributed by atoms with Gasteiger partial charge in [0, 0.05) is 4.47 Å². The van der Waals surface area contributed by atoms with Gasteiger partial charge in [0.05, 0.1) is 28.5 Å². The van der Waals surface area contributed by atoms with Gasteiger partial charge >= 0.3 is 5.97 Å². The number of fused-ring (bicyclic) bond motifs is 1. The second-order valence-electron chi connectivity index (χ2n) is 9.23. The third kappa shape index (κ3) is 4.72. The second-order valence-corrected chi connectivity index (χ2v) is 11.2. The van der Waals surface area contributed by atoms with E-state index in [0.29, 0.717) is 20.6 Å². The first-order valence-corrected chi connectivity index (χ1v) is 12.8. The summed E-state index contributed by atoms with van der Waals surface area (Å²) < 4.78 is 8.44. The van der Waals surface area contributed by atoms with E-state index in [1.165, 1.54) is 16.9 Å². The Bertz CT molecular complexity index is 1440. The van der Waals surface area contributed by atoms with E-state index in [9.17, 15) is 9.59 Å². The SMILES string of the molecule is CCOC(=O)C1=C(C)N=c2s/c(=C\c3ccc(C(C)(C)C)cc3)c(=O)n2[C@@H]1c1ccc(Br)cc1. The second kappa shape index (κ2) is 9.47. The van der Waals surface area contributed by atoms with Gasteiger partial charge < -0.3 is 4.74 Å². The highest BCUT2D eigenvalue weighted by Gasteiger charge is 2.33. The first kappa shape index (κ1) is 24.4. The molecule has 176 valence electrons. The maximum atomic E-state index is 13.6. The molecule has 0 bridgehead atoms. The summed E-state index contributed by atoms with van der Waals surface area (Å²) in [5.41, 5.74) is 3.83. The van der Waals surface area contributed by atoms with E-state index in [2.05, 4.69) is 53.8 Å². The lowest BCUT2D eigenvalue weighted by Gasteiger charge is -2.24. The lowest BCUT2D eigenvalue weighted by atomic mass is 9.87. The summed E-state index contributed by atoms with van der Waals surface area (Å²) in [6, 6.07) is 15.3. The predicted molar refractivity (Wildman–Crippen MR) is 140 cm³/mol. The van der Waals surface area contributed by atoms with E-state index in [4.69, 9.17) is 4.74 Å². The van der Waals surface area contributed by atoms with E-state index in [1.807, 2.05) is 42.5 Å². The largest absolute Gasteiger partial charge is 0.463 e. The number of rotatable bonds is 4. The van der Waals surface area contributed by atoms with Gasteiger partial charge in [0.25, 0.3) is 5.56 Å². The van der Waals surface area contributed by atoms with E-state index in [0.717, 1.165) is 15.6 Å². The molecule has 0 unspecified atom stereocenters. The number of carbonyl (C=O) groups is 1. The molecule has 0 radical (unpaired) electrons. The molecule has 7 heteroatoms. The molecular formula is C27H27BrN2O3S. The van der Waals surface area contributed by atoms with Gasteiger partial charge in [-0.05, 0) is 54.2 Å². The Morgan fingerprint density at radius 2 is 1.79 bits per heavy atom. The number of nitrogens with zero attached hydrogens (tertiary/aromatic N) is 2. The molecule has 0 fully saturated rings. The Balaban J connectivity index is 1.88. The van der Waals surface area contributed by atoms with E-state index in [1.54, 1.807) is 18.4 Å². The van der Waals surface area contributed by atoms with Crippen LogP contribution in [-0.2, 0) is 14.9 Å². The normalized spacial score (nSPS) is 16.3. The fraction of sp³-hybridized carbons (Fsp3) is 0.296. The van der Waals surface area contributed by atoms with Gasteiger partial charge in [-0.25, -0.2) is 9.79 Å². The molecule has 0 aliphatic carbocycles. The van der Waals surface area contributed by atoms with Gasteiger partial charge in [-0.2, -0.15) is 0 Å². The number of hydrogen-bond acceptors (Lipinski definition) is 5. The van der Waals surface area contributed by atoms with Crippen LogP contribution in [0, 0.1) is 0 Å². The summed E-state index contributed by atoms with van der Waals surface area (Å²) in [7, 11) is 0. The molecule has 0 N–H and O–H groups in total. The molecule has 2 heterocycles. The van der Waals surface area contributed by atoms with Gasteiger partial charge in [-0.3, -0.25) is 9.36 Å². The average Bonchev–Trinajstić information content (AvgIpc) is 3.08. The zero-order valence-corrected chi connectivity index (χ0v) is 22.3. The zero-order valence-electron chi connectivity index (χ0n) is 19.9. The molecular weight excluding hydrogens is 512 g/mol. The fourth-order valence-corrected chi connectivity index (χ4v) is 5.29. The lowest BCUT2D eigenvalue weighted by Crippen LogP contribution is -2.39. The van der Waals surface area contributed by atoms with Crippen LogP contribution in [0.15, 0.2) is 74.1 Å². The number of ether oxygens (including phenoxy) is 1. The first-order valence-electron chi connectivity index (χ1n) is 11.2. The Hall–Kier alpha value is -2.77. The van der Waals surface area contributed by atoms with Crippen molar-refractivity contribution in [2.24, 2.45) is 4.99 Å². The molecule has 1 aliphatic rings. The summed E-state index contributed by atoms with van der Waals surface area (Å²) in [5, 5.41) is 0. The van der Waals surface area contributed by atoms with Crippen molar-refractivity contribution in [1.82, 2.24) is 4.57 Å². The molecule has 1 atom stereocenters. The molecule has 3 aromatic rings. The molecule has 0 saturated heterocycles. The van der Waals surface area contributed by atoms with Gasteiger partial charge in [0.2, 0.25) is 0 Å². The molecule has 0 spiro atoms. The number of carbonyl (C=O) groups excluding carboxylic acids is 1. The van der Waals surface area contributed by atoms with Crippen LogP contribution in [0.25, 0.3) is 6.08 Å². The van der Waals surface area contributed by atoms with Crippen molar-refractivity contribution in [2.75, 3.05) is 6.61 Å². The van der Waals surface area contributed by atoms with E-state index < -0.39 is 12.0 Å². The molecule has 2 aromatic carbocycles. The summed E-state index contributed by atoms with van der Waals surface area (Å²) in [6.07, 6.45) is 1.89. The number of aromatic nitrogens is 1. The molecule has 0 amide bonds. The van der Waals surface area contributed by atoms with Crippen molar-refractivity contribution in [1.29, 1.82) is 0 Å². The zero-order chi connectivity index (χ0) is 24.6. The highest BCUT2D eigenvalue weighted by molar-refractivity contribution is 9.10. The monoisotopic (exact) mass is 538 g/mol. The Morgan fingerprint density at radius 3 is 2.38 bits per heavy atom. The predicted octanol–water partition coefficient (Wildman–Crippen LogP) is 4.86. The highest BCUT2D eigenvalue weighted by atomic mass is 79.9. The molecule has 5 nitrogen and oxygen atoms in total. The number of benzene rings is 2. The quantitative estimate of drug-likeness (QED) is 0.445. The first-order chi connectivity index (χ1) is 16.1. The van der Waals surface area contributed by atoms with Gasteiger partial charge in [-0.15, -0.1) is 0 Å². The van der Waals surface area contributed by atoms with Gasteiger partial charge in [-0.1, -0.05) is 84.4 Å². The van der Waals surface area contributed by atoms with Crippen LogP contribution in [0.1, 0.15) is 57.4 Å². The summed E-state index contributed by atoms with van der Waals surface area (Å²) in [4.78, 5) is 31.7. The molecule has 1 aliphatic heterocycles. The minimum atomic E-state index is -0.603. The van der Waals surface area contributed by atoms with Crippen molar-refractivity contribution in [2.45, 2.75) is 46.1 Å². The Kier molecular flexibility index (Phi) is 6.78. The number of allylic oxidation sites excluding steroid dienone is 1. The maximum absolute atomic E-state index is 13.6. The molecule has 4 rings (SSSR count). The molecule has 1 aromatic heterocycles. The van der Waals surface area contributed by atoms with Crippen molar-refractivity contribution in [3.63, 3.8) is 0 Å². The van der Waals surface area contributed by atoms with Gasteiger partial charge in [0.1, 0.15) is 0 Å². The summed E-state index contributed by atoms with van der Waals surface area (Å²) in [5.74, 6) is -0.455. The Morgan fingerprint density at radius 1 is 1.15 bits per heavy atom. The van der Waals surface area contributed by atoms with Crippen LogP contribution < -0.4 is 14.9 Å². The number of esters is 1. The van der Waals surface area contributed by atoms with Crippen molar-refractivity contribution < 1.29 is 9.53 Å². The van der Waals surface area contributed by atoms with Crippen molar-refractivity contribution >= 4 is 39.3 Å². The highest BCUT2D eigenvalue weighted by Crippen LogP contribution is 2.31. The summed E-state index contributed by atoms with van der Waals surface area (Å²) >= 11 is 4.79. The van der Waals surface area contributed by atoms with Gasteiger partial charge in [0.15, 0.2) is 4.80 Å². The van der Waals surface area contributed by atoms with E-state index >= 15 is 0 Å². The Labute approximate surface area is 211 Å². The molecule has 34 heavy (non-hydrogen) atoms. The van der Waals surface area contributed by atoms with Crippen LogP contribution in [0.3, 0.4) is 0 Å². The standard InChI is InChI=1S/C27H27BrN2O3S/c1-6-33-25(32)22-16(2)29-26-30(23(22)18-9-13-20(28)14-10-18)24(31)21(34-26)15-17-7-11-19(12-8-17)27(3,4)5/h7-15,23H,6H2,1-5H3/b21-15-/t23-/m1/s1. The average molecular weight is 539 g/mol. The maximum Gasteiger partial charge on any atom is 0.338 e. The van der Waals surface area contributed by atoms with Crippen molar-refractivity contribution in [3.05, 3.63) is 101 Å². The third-order valence-electron chi connectivity index (χ3n) is 5.78.